The quantitative estimate of drug-likeness (QED) is 0.235. The fourth-order valence-electron chi connectivity index (χ4n) is 2.46. The molecular formula is C20H22N4O3. The number of benzene rings is 1. The highest BCUT2D eigenvalue weighted by atomic mass is 16.2. The number of amides is 2. The van der Waals surface area contributed by atoms with E-state index in [-0.39, 0.29) is 11.1 Å². The molecule has 0 aliphatic heterocycles. The van der Waals surface area contributed by atoms with Crippen LogP contribution in [0.4, 0.5) is 0 Å². The number of likely N-dealkylation sites (N-methyl/N-ethyl adjacent to an activating group) is 1. The van der Waals surface area contributed by atoms with E-state index in [0.717, 1.165) is 5.56 Å². The van der Waals surface area contributed by atoms with Crippen LogP contribution in [0.5, 0.6) is 0 Å². The maximum absolute atomic E-state index is 12.7. The van der Waals surface area contributed by atoms with Crippen molar-refractivity contribution in [1.29, 1.82) is 5.26 Å². The van der Waals surface area contributed by atoms with Gasteiger partial charge in [-0.25, -0.2) is 0 Å². The highest BCUT2D eigenvalue weighted by Crippen LogP contribution is 2.34. The summed E-state index contributed by atoms with van der Waals surface area (Å²) in [5.74, 6) is -1.09. The fourth-order valence-corrected chi connectivity index (χ4v) is 2.46. The van der Waals surface area contributed by atoms with Gasteiger partial charge in [-0.2, -0.15) is 5.26 Å². The summed E-state index contributed by atoms with van der Waals surface area (Å²) in [5, 5.41) is 14.2. The van der Waals surface area contributed by atoms with Gasteiger partial charge in [0.1, 0.15) is 5.54 Å². The molecular weight excluding hydrogens is 344 g/mol. The van der Waals surface area contributed by atoms with E-state index in [2.05, 4.69) is 16.7 Å². The van der Waals surface area contributed by atoms with Crippen molar-refractivity contribution in [2.75, 3.05) is 14.1 Å². The topological polar surface area (TPSA) is 102 Å². The molecule has 7 nitrogen and oxygen atoms in total. The van der Waals surface area contributed by atoms with E-state index in [1.165, 1.54) is 13.1 Å². The number of aldehydes is 1. The van der Waals surface area contributed by atoms with Gasteiger partial charge in [-0.1, -0.05) is 30.3 Å². The molecule has 0 aromatic heterocycles. The lowest BCUT2D eigenvalue weighted by molar-refractivity contribution is -0.119. The number of carbonyl (C=O) groups excluding carboxylic acids is 3. The molecule has 2 rings (SSSR count). The van der Waals surface area contributed by atoms with Crippen LogP contribution in [0, 0.1) is 11.3 Å². The van der Waals surface area contributed by atoms with E-state index >= 15 is 0 Å². The van der Waals surface area contributed by atoms with Crippen LogP contribution in [-0.2, 0) is 20.9 Å². The smallest absolute Gasteiger partial charge is 0.254 e. The summed E-state index contributed by atoms with van der Waals surface area (Å²) in [7, 11) is 3.19. The van der Waals surface area contributed by atoms with Crippen molar-refractivity contribution in [1.82, 2.24) is 15.5 Å². The van der Waals surface area contributed by atoms with Gasteiger partial charge in [0.15, 0.2) is 6.29 Å². The van der Waals surface area contributed by atoms with Gasteiger partial charge >= 0.3 is 0 Å². The maximum atomic E-state index is 12.7. The first kappa shape index (κ1) is 19.9. The van der Waals surface area contributed by atoms with Crippen molar-refractivity contribution < 1.29 is 14.4 Å². The normalized spacial score (nSPS) is 15.3. The summed E-state index contributed by atoms with van der Waals surface area (Å²) in [6, 6.07) is 11.7. The van der Waals surface area contributed by atoms with Crippen molar-refractivity contribution in [2.45, 2.75) is 24.9 Å². The zero-order valence-electron chi connectivity index (χ0n) is 15.4. The van der Waals surface area contributed by atoms with E-state index in [9.17, 15) is 19.6 Å². The summed E-state index contributed by atoms with van der Waals surface area (Å²) in [5.41, 5.74) is 0.142. The van der Waals surface area contributed by atoms with Gasteiger partial charge in [-0.05, 0) is 24.5 Å². The largest absolute Gasteiger partial charge is 0.375 e. The molecule has 1 aliphatic carbocycles. The average molecular weight is 366 g/mol. The van der Waals surface area contributed by atoms with Gasteiger partial charge in [0.25, 0.3) is 11.8 Å². The number of nitrogens with zero attached hydrogens (tertiary/aromatic N) is 2. The van der Waals surface area contributed by atoms with E-state index in [1.54, 1.807) is 18.1 Å². The van der Waals surface area contributed by atoms with E-state index in [0.29, 0.717) is 25.7 Å². The lowest BCUT2D eigenvalue weighted by atomic mass is 10.1. The Morgan fingerprint density at radius 1 is 1.22 bits per heavy atom. The number of carbonyl (C=O) groups is 3. The molecule has 1 aromatic rings. The number of nitriles is 1. The second-order valence-corrected chi connectivity index (χ2v) is 6.43. The molecule has 1 aliphatic rings. The van der Waals surface area contributed by atoms with Gasteiger partial charge in [0, 0.05) is 26.8 Å². The van der Waals surface area contributed by atoms with Crippen LogP contribution >= 0.6 is 0 Å². The molecule has 2 N–H and O–H groups in total. The second-order valence-electron chi connectivity index (χ2n) is 6.43. The number of rotatable bonds is 8. The minimum absolute atomic E-state index is 0.126. The monoisotopic (exact) mass is 366 g/mol. The Balaban J connectivity index is 2.28. The standard InChI is InChI=1S/C20H22N4O3/c1-22-18(26)17(13-25)10-16(19(27)23-20(14-21)8-9-20)12-24(2)11-15-6-4-3-5-7-15/h3-7,10,12-13H,8-9,11H2,1-2H3,(H,22,26)(H,23,27)/b16-12+,17-10+. The first-order chi connectivity index (χ1) is 12.9. The minimum Gasteiger partial charge on any atom is -0.375 e. The number of nitrogens with one attached hydrogen (secondary N) is 2. The summed E-state index contributed by atoms with van der Waals surface area (Å²) in [6.45, 7) is 0.533. The van der Waals surface area contributed by atoms with Crippen molar-refractivity contribution >= 4 is 18.1 Å². The van der Waals surface area contributed by atoms with Crippen LogP contribution in [0.1, 0.15) is 18.4 Å². The van der Waals surface area contributed by atoms with Crippen LogP contribution in [0.3, 0.4) is 0 Å². The SMILES string of the molecule is CNC(=O)/C(C=O)=C/C(=C\N(C)Cc1ccccc1)C(=O)NC1(C#N)CC1. The Hall–Kier alpha value is -3.40. The molecule has 2 amide bonds. The third-order valence-electron chi connectivity index (χ3n) is 4.14. The Morgan fingerprint density at radius 3 is 2.41 bits per heavy atom. The molecule has 0 heterocycles. The molecule has 27 heavy (non-hydrogen) atoms. The molecule has 7 heteroatoms. The van der Waals surface area contributed by atoms with Crippen LogP contribution < -0.4 is 10.6 Å². The molecule has 0 saturated heterocycles. The first-order valence-electron chi connectivity index (χ1n) is 8.52. The van der Waals surface area contributed by atoms with Crippen LogP contribution in [0.15, 0.2) is 53.8 Å². The summed E-state index contributed by atoms with van der Waals surface area (Å²) in [6.07, 6.45) is 4.36. The predicted molar refractivity (Wildman–Crippen MR) is 99.9 cm³/mol. The van der Waals surface area contributed by atoms with Crippen molar-refractivity contribution in [3.63, 3.8) is 0 Å². The summed E-state index contributed by atoms with van der Waals surface area (Å²) in [4.78, 5) is 37.5. The predicted octanol–water partition coefficient (Wildman–Crippen LogP) is 1.05. The zero-order chi connectivity index (χ0) is 19.9. The fraction of sp³-hybridized carbons (Fsp3) is 0.300. The van der Waals surface area contributed by atoms with Crippen LogP contribution in [0.2, 0.25) is 0 Å². The molecule has 0 spiro atoms. The Morgan fingerprint density at radius 2 is 1.89 bits per heavy atom. The Bertz CT molecular complexity index is 817. The van der Waals surface area contributed by atoms with Crippen molar-refractivity contribution in [2.24, 2.45) is 0 Å². The molecule has 1 saturated carbocycles. The second kappa shape index (κ2) is 8.81. The Kier molecular flexibility index (Phi) is 6.50. The average Bonchev–Trinajstić information content (AvgIpc) is 3.45. The highest BCUT2D eigenvalue weighted by Gasteiger charge is 2.44. The molecule has 0 radical (unpaired) electrons. The van der Waals surface area contributed by atoms with E-state index in [1.807, 2.05) is 30.3 Å². The van der Waals surface area contributed by atoms with Crippen LogP contribution in [-0.4, -0.2) is 42.6 Å². The molecule has 1 fully saturated rings. The van der Waals surface area contributed by atoms with Crippen molar-refractivity contribution in [3.8, 4) is 6.07 Å². The maximum Gasteiger partial charge on any atom is 0.254 e. The van der Waals surface area contributed by atoms with Gasteiger partial charge < -0.3 is 15.5 Å². The van der Waals surface area contributed by atoms with Gasteiger partial charge in [-0.3, -0.25) is 14.4 Å². The van der Waals surface area contributed by atoms with Gasteiger partial charge in [0.2, 0.25) is 0 Å². The molecule has 140 valence electrons. The van der Waals surface area contributed by atoms with Gasteiger partial charge in [0.05, 0.1) is 17.2 Å². The molecule has 0 bridgehead atoms. The van der Waals surface area contributed by atoms with E-state index in [4.69, 9.17) is 0 Å². The third-order valence-corrected chi connectivity index (χ3v) is 4.14. The molecule has 0 unspecified atom stereocenters. The van der Waals surface area contributed by atoms with Crippen molar-refractivity contribution in [3.05, 3.63) is 59.3 Å². The first-order valence-corrected chi connectivity index (χ1v) is 8.52. The van der Waals surface area contributed by atoms with E-state index < -0.39 is 17.4 Å². The third kappa shape index (κ3) is 5.54. The highest BCUT2D eigenvalue weighted by molar-refractivity contribution is 6.12. The minimum atomic E-state index is -0.851. The van der Waals surface area contributed by atoms with Crippen LogP contribution in [0.25, 0.3) is 0 Å². The van der Waals surface area contributed by atoms with Gasteiger partial charge in [-0.15, -0.1) is 0 Å². The lowest BCUT2D eigenvalue weighted by Crippen LogP contribution is -2.37. The number of hydrogen-bond donors (Lipinski definition) is 2. The molecule has 1 aromatic carbocycles. The molecule has 0 atom stereocenters. The number of hydrogen-bond acceptors (Lipinski definition) is 5. The summed E-state index contributed by atoms with van der Waals surface area (Å²) < 4.78 is 0. The summed E-state index contributed by atoms with van der Waals surface area (Å²) >= 11 is 0. The lowest BCUT2D eigenvalue weighted by Gasteiger charge is -2.17. The zero-order valence-corrected chi connectivity index (χ0v) is 15.4. The Labute approximate surface area is 158 Å².